The molecule has 0 aliphatic heterocycles. The maximum Gasteiger partial charge on any atom is 0.416 e. The molecule has 1 aromatic carbocycles. The summed E-state index contributed by atoms with van der Waals surface area (Å²) in [6, 6.07) is 3.93. The lowest BCUT2D eigenvalue weighted by molar-refractivity contribution is -0.137. The average Bonchev–Trinajstić information content (AvgIpc) is 2.13. The summed E-state index contributed by atoms with van der Waals surface area (Å²) in [6.07, 6.45) is -4.50. The van der Waals surface area contributed by atoms with E-state index in [9.17, 15) is 17.7 Å². The molecular weight excluding hydrogens is 244 g/mol. The van der Waals surface area contributed by atoms with Gasteiger partial charge < -0.3 is 9.79 Å². The number of alkyl halides is 3. The number of benzene rings is 1. The highest BCUT2D eigenvalue weighted by molar-refractivity contribution is 7.57. The maximum atomic E-state index is 12.2. The first-order valence-corrected chi connectivity index (χ1v) is 5.56. The second kappa shape index (κ2) is 4.30. The van der Waals surface area contributed by atoms with Crippen molar-refractivity contribution >= 4 is 7.60 Å². The molecule has 0 aromatic heterocycles. The molecule has 0 atom stereocenters. The van der Waals surface area contributed by atoms with Gasteiger partial charge >= 0.3 is 13.8 Å². The molecule has 0 saturated carbocycles. The summed E-state index contributed by atoms with van der Waals surface area (Å²) in [5.41, 5.74) is 0.555. The van der Waals surface area contributed by atoms with Crippen LogP contribution in [-0.4, -0.2) is 9.79 Å². The zero-order valence-electron chi connectivity index (χ0n) is 7.69. The molecule has 2 N–H and O–H groups in total. The Kier molecular flexibility index (Phi) is 3.44. The van der Waals surface area contributed by atoms with Gasteiger partial charge in [-0.3, -0.25) is 0 Å². The molecule has 1 rings (SSSR count). The van der Waals surface area contributed by atoms with Gasteiger partial charge in [-0.25, -0.2) is 4.57 Å². The fourth-order valence-corrected chi connectivity index (χ4v) is 1.19. The van der Waals surface area contributed by atoms with E-state index in [1.54, 1.807) is 5.66 Å². The molecule has 0 amide bonds. The van der Waals surface area contributed by atoms with Gasteiger partial charge in [0.25, 0.3) is 0 Å². The highest BCUT2D eigenvalue weighted by Gasteiger charge is 2.30. The number of rotatable bonds is 0. The molecule has 0 bridgehead atoms. The quantitative estimate of drug-likeness (QED) is 0.548. The predicted octanol–water partition coefficient (Wildman–Crippen LogP) is 2.19. The minimum Gasteiger partial charge on any atom is -0.315 e. The van der Waals surface area contributed by atoms with Crippen LogP contribution in [-0.2, 0) is 10.7 Å². The summed E-state index contributed by atoms with van der Waals surface area (Å²) < 4.78 is 47.1. The van der Waals surface area contributed by atoms with Crippen LogP contribution in [0.25, 0.3) is 0 Å². The summed E-state index contributed by atoms with van der Waals surface area (Å²) >= 11 is 0. The Bertz CT molecular complexity index is 493. The van der Waals surface area contributed by atoms with Gasteiger partial charge in [0.15, 0.2) is 0 Å². The van der Waals surface area contributed by atoms with Crippen LogP contribution in [0.4, 0.5) is 13.2 Å². The van der Waals surface area contributed by atoms with E-state index in [-0.39, 0.29) is 5.56 Å². The largest absolute Gasteiger partial charge is 0.416 e. The van der Waals surface area contributed by atoms with Gasteiger partial charge in [0, 0.05) is 11.2 Å². The molecule has 86 valence electrons. The smallest absolute Gasteiger partial charge is 0.315 e. The van der Waals surface area contributed by atoms with Crippen molar-refractivity contribution in [2.24, 2.45) is 0 Å². The van der Waals surface area contributed by atoms with E-state index in [1.165, 1.54) is 6.07 Å². The Morgan fingerprint density at radius 3 is 2.38 bits per heavy atom. The third-order valence-electron chi connectivity index (χ3n) is 1.54. The Morgan fingerprint density at radius 2 is 1.88 bits per heavy atom. The van der Waals surface area contributed by atoms with Crippen LogP contribution in [0, 0.1) is 11.6 Å². The third-order valence-corrected chi connectivity index (χ3v) is 1.94. The molecule has 0 aliphatic rings. The van der Waals surface area contributed by atoms with Gasteiger partial charge in [0.1, 0.15) is 0 Å². The van der Waals surface area contributed by atoms with Gasteiger partial charge in [-0.1, -0.05) is 12.0 Å². The van der Waals surface area contributed by atoms with Crippen molar-refractivity contribution in [2.75, 3.05) is 0 Å². The van der Waals surface area contributed by atoms with Crippen LogP contribution in [0.15, 0.2) is 24.3 Å². The highest BCUT2D eigenvalue weighted by Crippen LogP contribution is 2.32. The zero-order valence-corrected chi connectivity index (χ0v) is 8.59. The van der Waals surface area contributed by atoms with E-state index in [1.807, 2.05) is 5.92 Å². The summed E-state index contributed by atoms with van der Waals surface area (Å²) in [5, 5.41) is 0. The van der Waals surface area contributed by atoms with Crippen molar-refractivity contribution in [2.45, 2.75) is 6.18 Å². The predicted molar refractivity (Wildman–Crippen MR) is 50.4 cm³/mol. The second-order valence-electron chi connectivity index (χ2n) is 2.86. The van der Waals surface area contributed by atoms with E-state index in [0.29, 0.717) is 0 Å². The first-order valence-electron chi connectivity index (χ1n) is 3.94. The van der Waals surface area contributed by atoms with E-state index >= 15 is 0 Å². The molecule has 0 radical (unpaired) electrons. The fraction of sp³-hybridized carbons (Fsp3) is 0.111. The molecule has 0 spiro atoms. The molecule has 0 unspecified atom stereocenters. The molecule has 1 aromatic rings. The van der Waals surface area contributed by atoms with Crippen molar-refractivity contribution < 1.29 is 27.5 Å². The Labute approximate surface area is 89.1 Å². The van der Waals surface area contributed by atoms with Gasteiger partial charge in [-0.15, -0.1) is 0 Å². The topological polar surface area (TPSA) is 57.5 Å². The molecule has 0 heterocycles. The number of hydrogen-bond acceptors (Lipinski definition) is 1. The molecule has 3 nitrogen and oxygen atoms in total. The van der Waals surface area contributed by atoms with Crippen molar-refractivity contribution in [1.29, 1.82) is 0 Å². The normalized spacial score (nSPS) is 11.8. The van der Waals surface area contributed by atoms with Crippen molar-refractivity contribution in [3.05, 3.63) is 35.4 Å². The number of hydrogen-bond donors (Lipinski definition) is 2. The van der Waals surface area contributed by atoms with E-state index in [0.717, 1.165) is 18.2 Å². The monoisotopic (exact) mass is 250 g/mol. The van der Waals surface area contributed by atoms with Crippen molar-refractivity contribution in [3.63, 3.8) is 0 Å². The molecule has 16 heavy (non-hydrogen) atoms. The van der Waals surface area contributed by atoms with Crippen molar-refractivity contribution in [3.8, 4) is 11.6 Å². The SMILES string of the molecule is O=P(O)(O)C#Cc1cccc(C(F)(F)F)c1. The zero-order chi connectivity index (χ0) is 12.4. The van der Waals surface area contributed by atoms with E-state index in [2.05, 4.69) is 0 Å². The summed E-state index contributed by atoms with van der Waals surface area (Å²) in [7, 11) is -4.53. The first-order chi connectivity index (χ1) is 7.18. The van der Waals surface area contributed by atoms with Gasteiger partial charge in [0.05, 0.1) is 5.56 Å². The summed E-state index contributed by atoms with van der Waals surface area (Å²) in [6.45, 7) is 0. The lowest BCUT2D eigenvalue weighted by Crippen LogP contribution is -2.04. The lowest BCUT2D eigenvalue weighted by atomic mass is 10.1. The molecule has 0 aliphatic carbocycles. The Balaban J connectivity index is 3.09. The number of halogens is 3. The lowest BCUT2D eigenvalue weighted by Gasteiger charge is -2.05. The van der Waals surface area contributed by atoms with E-state index < -0.39 is 19.3 Å². The third kappa shape index (κ3) is 4.07. The van der Waals surface area contributed by atoms with Gasteiger partial charge in [-0.05, 0) is 18.2 Å². The molecule has 7 heteroatoms. The van der Waals surface area contributed by atoms with Crippen LogP contribution in [0.3, 0.4) is 0 Å². The minimum atomic E-state index is -4.53. The van der Waals surface area contributed by atoms with Crippen LogP contribution in [0.1, 0.15) is 11.1 Å². The second-order valence-corrected chi connectivity index (χ2v) is 4.17. The Hall–Kier alpha value is -1.28. The average molecular weight is 250 g/mol. The van der Waals surface area contributed by atoms with Crippen LogP contribution in [0.2, 0.25) is 0 Å². The highest BCUT2D eigenvalue weighted by atomic mass is 31.2. The molecule has 0 saturated heterocycles. The van der Waals surface area contributed by atoms with Gasteiger partial charge in [-0.2, -0.15) is 13.2 Å². The van der Waals surface area contributed by atoms with Crippen LogP contribution < -0.4 is 0 Å². The van der Waals surface area contributed by atoms with E-state index in [4.69, 9.17) is 9.79 Å². The Morgan fingerprint density at radius 1 is 1.25 bits per heavy atom. The van der Waals surface area contributed by atoms with Crippen LogP contribution in [0.5, 0.6) is 0 Å². The van der Waals surface area contributed by atoms with Crippen LogP contribution >= 0.6 is 7.60 Å². The van der Waals surface area contributed by atoms with Gasteiger partial charge in [0.2, 0.25) is 0 Å². The minimum absolute atomic E-state index is 0.0989. The maximum absolute atomic E-state index is 12.2. The molecule has 0 fully saturated rings. The fourth-order valence-electron chi connectivity index (χ4n) is 0.911. The first kappa shape index (κ1) is 12.8. The standard InChI is InChI=1S/C9H6F3O3P/c10-9(11,12)8-3-1-2-7(6-8)4-5-16(13,14)15/h1-3,6H,(H2,13,14,15). The van der Waals surface area contributed by atoms with Crippen molar-refractivity contribution in [1.82, 2.24) is 0 Å². The molecular formula is C9H6F3O3P. The summed E-state index contributed by atoms with van der Waals surface area (Å²) in [4.78, 5) is 16.8. The summed E-state index contributed by atoms with van der Waals surface area (Å²) in [5.74, 6) is 1.98.